The van der Waals surface area contributed by atoms with Crippen LogP contribution in [0.2, 0.25) is 0 Å². The van der Waals surface area contributed by atoms with Gasteiger partial charge in [0.15, 0.2) is 0 Å². The molecule has 0 saturated carbocycles. The molecular weight excluding hydrogens is 304 g/mol. The largest absolute Gasteiger partial charge is 0.491 e. The highest BCUT2D eigenvalue weighted by Gasteiger charge is 2.24. The lowest BCUT2D eigenvalue weighted by Crippen LogP contribution is -2.37. The minimum absolute atomic E-state index is 0.184. The van der Waals surface area contributed by atoms with Crippen molar-refractivity contribution in [2.24, 2.45) is 0 Å². The molecule has 1 aliphatic rings. The molecule has 1 heterocycles. The molecule has 3 N–H and O–H groups in total. The lowest BCUT2D eigenvalue weighted by atomic mass is 10.0. The summed E-state index contributed by atoms with van der Waals surface area (Å²) in [5.74, 6) is 0.351. The van der Waals surface area contributed by atoms with Crippen LogP contribution in [0, 0.1) is 16.7 Å². The average molecular weight is 320 g/mol. The molecule has 0 unspecified atom stereocenters. The number of carbonyl (C=O) groups is 1. The van der Waals surface area contributed by atoms with Crippen LogP contribution in [0.5, 0.6) is 5.75 Å². The lowest BCUT2D eigenvalue weighted by molar-refractivity contribution is -0.124. The molecule has 3 rings (SSSR count). The maximum Gasteiger partial charge on any atom is 0.272 e. The number of fused-ring (bicyclic) bond motifs is 1. The predicted molar refractivity (Wildman–Crippen MR) is 89.8 cm³/mol. The van der Waals surface area contributed by atoms with E-state index in [2.05, 4.69) is 0 Å². The second-order valence-electron chi connectivity index (χ2n) is 5.47. The first kappa shape index (κ1) is 15.6. The molecule has 0 fully saturated rings. The topological polar surface area (TPSA) is 103 Å². The van der Waals surface area contributed by atoms with E-state index in [1.807, 2.05) is 30.3 Å². The number of benzene rings is 2. The zero-order valence-electron chi connectivity index (χ0n) is 13.0. The Morgan fingerprint density at radius 1 is 1.29 bits per heavy atom. The molecule has 0 aliphatic carbocycles. The van der Waals surface area contributed by atoms with Gasteiger partial charge in [-0.3, -0.25) is 10.2 Å². The van der Waals surface area contributed by atoms with Crippen LogP contribution in [-0.4, -0.2) is 29.7 Å². The molecule has 0 saturated heterocycles. The molecule has 1 aliphatic heterocycles. The van der Waals surface area contributed by atoms with Gasteiger partial charge in [0.05, 0.1) is 18.2 Å². The van der Waals surface area contributed by atoms with Crippen molar-refractivity contribution in [1.82, 2.24) is 4.90 Å². The minimum atomic E-state index is -0.410. The number of nitrogens with one attached hydrogen (secondary N) is 1. The Bertz CT molecular complexity index is 854. The molecule has 0 bridgehead atoms. The van der Waals surface area contributed by atoms with Gasteiger partial charge in [-0.15, -0.1) is 0 Å². The van der Waals surface area contributed by atoms with Gasteiger partial charge in [0.25, 0.3) is 5.91 Å². The summed E-state index contributed by atoms with van der Waals surface area (Å²) in [7, 11) is 0. The number of nitrogens with two attached hydrogens (primary N) is 1. The zero-order valence-corrected chi connectivity index (χ0v) is 13.0. The smallest absolute Gasteiger partial charge is 0.272 e. The predicted octanol–water partition coefficient (Wildman–Crippen LogP) is 1.93. The van der Waals surface area contributed by atoms with Gasteiger partial charge in [-0.2, -0.15) is 5.26 Å². The van der Waals surface area contributed by atoms with Crippen LogP contribution in [-0.2, 0) is 11.3 Å². The number of carbonyl (C=O) groups excluding carboxylic acids is 1. The second-order valence-corrected chi connectivity index (χ2v) is 5.47. The monoisotopic (exact) mass is 320 g/mol. The highest BCUT2D eigenvalue weighted by Crippen LogP contribution is 2.23. The quantitative estimate of drug-likeness (QED) is 0.651. The van der Waals surface area contributed by atoms with Crippen molar-refractivity contribution in [3.63, 3.8) is 0 Å². The first-order valence-electron chi connectivity index (χ1n) is 7.48. The Morgan fingerprint density at radius 2 is 2.08 bits per heavy atom. The SMILES string of the molecule is N#Cc1ccc(C(=N)C(=O)N2CCOc3ccccc3C2)c(N)c1. The fourth-order valence-electron chi connectivity index (χ4n) is 2.63. The van der Waals surface area contributed by atoms with Gasteiger partial charge < -0.3 is 15.4 Å². The maximum absolute atomic E-state index is 12.7. The number of para-hydroxylation sites is 1. The number of amides is 1. The Morgan fingerprint density at radius 3 is 2.83 bits per heavy atom. The van der Waals surface area contributed by atoms with Crippen LogP contribution in [0.25, 0.3) is 0 Å². The van der Waals surface area contributed by atoms with Gasteiger partial charge in [0.2, 0.25) is 0 Å². The Labute approximate surface area is 139 Å². The van der Waals surface area contributed by atoms with Gasteiger partial charge in [0, 0.05) is 23.4 Å². The van der Waals surface area contributed by atoms with E-state index in [0.29, 0.717) is 30.8 Å². The molecule has 2 aromatic carbocycles. The van der Waals surface area contributed by atoms with Crippen molar-refractivity contribution in [2.75, 3.05) is 18.9 Å². The molecule has 6 nitrogen and oxygen atoms in total. The summed E-state index contributed by atoms with van der Waals surface area (Å²) in [5.41, 5.74) is 7.58. The van der Waals surface area contributed by atoms with E-state index in [1.54, 1.807) is 11.0 Å². The fraction of sp³-hybridized carbons (Fsp3) is 0.167. The van der Waals surface area contributed by atoms with Crippen LogP contribution in [0.1, 0.15) is 16.7 Å². The van der Waals surface area contributed by atoms with Crippen LogP contribution >= 0.6 is 0 Å². The van der Waals surface area contributed by atoms with E-state index in [9.17, 15) is 4.79 Å². The van der Waals surface area contributed by atoms with E-state index in [1.165, 1.54) is 12.1 Å². The summed E-state index contributed by atoms with van der Waals surface area (Å²) >= 11 is 0. The third-order valence-electron chi connectivity index (χ3n) is 3.90. The summed E-state index contributed by atoms with van der Waals surface area (Å²) in [4.78, 5) is 14.3. The highest BCUT2D eigenvalue weighted by molar-refractivity contribution is 6.45. The molecule has 0 radical (unpaired) electrons. The molecule has 120 valence electrons. The molecular formula is C18H16N4O2. The lowest BCUT2D eigenvalue weighted by Gasteiger charge is -2.20. The van der Waals surface area contributed by atoms with Gasteiger partial charge >= 0.3 is 0 Å². The van der Waals surface area contributed by atoms with Crippen molar-refractivity contribution < 1.29 is 9.53 Å². The minimum Gasteiger partial charge on any atom is -0.491 e. The van der Waals surface area contributed by atoms with E-state index in [-0.39, 0.29) is 11.4 Å². The Hall–Kier alpha value is -3.33. The number of hydrogen-bond acceptors (Lipinski definition) is 5. The number of hydrogen-bond donors (Lipinski definition) is 2. The van der Waals surface area contributed by atoms with Crippen molar-refractivity contribution in [1.29, 1.82) is 10.7 Å². The average Bonchev–Trinajstić information content (AvgIpc) is 2.82. The van der Waals surface area contributed by atoms with Crippen LogP contribution in [0.15, 0.2) is 42.5 Å². The Balaban J connectivity index is 1.84. The third kappa shape index (κ3) is 2.92. The van der Waals surface area contributed by atoms with E-state index >= 15 is 0 Å². The number of ether oxygens (including phenoxy) is 1. The van der Waals surface area contributed by atoms with Crippen LogP contribution in [0.4, 0.5) is 5.69 Å². The van der Waals surface area contributed by atoms with Crippen LogP contribution in [0.3, 0.4) is 0 Å². The Kier molecular flexibility index (Phi) is 4.17. The van der Waals surface area contributed by atoms with Crippen LogP contribution < -0.4 is 10.5 Å². The number of anilines is 1. The molecule has 6 heteroatoms. The van der Waals surface area contributed by atoms with Crippen molar-refractivity contribution in [3.05, 3.63) is 59.2 Å². The first-order valence-corrected chi connectivity index (χ1v) is 7.48. The van der Waals surface area contributed by atoms with E-state index < -0.39 is 5.91 Å². The number of nitrogens with zero attached hydrogens (tertiary/aromatic N) is 2. The summed E-state index contributed by atoms with van der Waals surface area (Å²) in [6.07, 6.45) is 0. The normalized spacial score (nSPS) is 13.2. The molecule has 0 aromatic heterocycles. The van der Waals surface area contributed by atoms with Gasteiger partial charge in [-0.25, -0.2) is 0 Å². The van der Waals surface area contributed by atoms with Gasteiger partial charge in [-0.05, 0) is 24.3 Å². The number of nitrogen functional groups attached to an aromatic ring is 1. The molecule has 1 amide bonds. The number of nitriles is 1. The fourth-order valence-corrected chi connectivity index (χ4v) is 2.63. The van der Waals surface area contributed by atoms with Crippen molar-refractivity contribution >= 4 is 17.3 Å². The highest BCUT2D eigenvalue weighted by atomic mass is 16.5. The molecule has 24 heavy (non-hydrogen) atoms. The summed E-state index contributed by atoms with van der Waals surface area (Å²) in [5, 5.41) is 17.1. The zero-order chi connectivity index (χ0) is 17.1. The van der Waals surface area contributed by atoms with E-state index in [4.69, 9.17) is 21.1 Å². The third-order valence-corrected chi connectivity index (χ3v) is 3.90. The summed E-state index contributed by atoms with van der Waals surface area (Å²) in [6.45, 7) is 1.15. The standard InChI is InChI=1S/C18H16N4O2/c19-10-12-5-6-14(15(20)9-12)17(21)18(23)22-7-8-24-16-4-2-1-3-13(16)11-22/h1-6,9,21H,7-8,11,20H2. The van der Waals surface area contributed by atoms with E-state index in [0.717, 1.165) is 11.3 Å². The summed E-state index contributed by atoms with van der Waals surface area (Å²) < 4.78 is 5.64. The van der Waals surface area contributed by atoms with Gasteiger partial charge in [0.1, 0.15) is 18.1 Å². The maximum atomic E-state index is 12.7. The molecule has 2 aromatic rings. The van der Waals surface area contributed by atoms with Crippen molar-refractivity contribution in [2.45, 2.75) is 6.54 Å². The van der Waals surface area contributed by atoms with Crippen molar-refractivity contribution in [3.8, 4) is 11.8 Å². The first-order chi connectivity index (χ1) is 11.6. The number of rotatable bonds is 2. The second kappa shape index (κ2) is 6.42. The molecule has 0 atom stereocenters. The summed E-state index contributed by atoms with van der Waals surface area (Å²) in [6, 6.07) is 14.1. The molecule has 0 spiro atoms. The van der Waals surface area contributed by atoms with Gasteiger partial charge in [-0.1, -0.05) is 18.2 Å².